The number of hydrogen-bond donors (Lipinski definition) is 0. The van der Waals surface area contributed by atoms with Crippen LogP contribution < -0.4 is 4.74 Å². The molecule has 1 fully saturated rings. The predicted molar refractivity (Wildman–Crippen MR) is 108 cm³/mol. The second-order valence-corrected chi connectivity index (χ2v) is 7.40. The lowest BCUT2D eigenvalue weighted by atomic mass is 9.85. The Morgan fingerprint density at radius 2 is 1.89 bits per heavy atom. The molecule has 1 aliphatic carbocycles. The van der Waals surface area contributed by atoms with Crippen LogP contribution in [0.5, 0.6) is 5.75 Å². The quantitative estimate of drug-likeness (QED) is 0.600. The Morgan fingerprint density at radius 1 is 1.11 bits per heavy atom. The number of rotatable bonds is 5. The number of ether oxygens (including phenoxy) is 2. The zero-order valence-electron chi connectivity index (χ0n) is 16.5. The first-order chi connectivity index (χ1) is 13.7. The van der Waals surface area contributed by atoms with Gasteiger partial charge in [-0.3, -0.25) is 0 Å². The fourth-order valence-corrected chi connectivity index (χ4v) is 4.26. The second kappa shape index (κ2) is 8.05. The highest BCUT2D eigenvalue weighted by Crippen LogP contribution is 2.36. The van der Waals surface area contributed by atoms with E-state index in [1.807, 2.05) is 30.5 Å². The molecule has 1 saturated carbocycles. The summed E-state index contributed by atoms with van der Waals surface area (Å²) in [5, 5.41) is 0. The monoisotopic (exact) mass is 378 g/mol. The van der Waals surface area contributed by atoms with E-state index in [-0.39, 0.29) is 5.97 Å². The molecule has 5 nitrogen and oxygen atoms in total. The van der Waals surface area contributed by atoms with Crippen LogP contribution in [0, 0.1) is 0 Å². The number of pyridine rings is 1. The Balaban J connectivity index is 1.84. The Hall–Kier alpha value is -2.82. The van der Waals surface area contributed by atoms with Gasteiger partial charge in [-0.1, -0.05) is 37.5 Å². The fraction of sp³-hybridized carbons (Fsp3) is 0.391. The number of imidazole rings is 1. The molecular weight excluding hydrogens is 352 g/mol. The Kier molecular flexibility index (Phi) is 5.33. The highest BCUT2D eigenvalue weighted by atomic mass is 16.5. The van der Waals surface area contributed by atoms with Gasteiger partial charge in [-0.25, -0.2) is 9.78 Å². The van der Waals surface area contributed by atoms with Crippen molar-refractivity contribution in [2.45, 2.75) is 44.4 Å². The third-order valence-corrected chi connectivity index (χ3v) is 5.71. The van der Waals surface area contributed by atoms with Gasteiger partial charge in [-0.15, -0.1) is 0 Å². The Morgan fingerprint density at radius 3 is 2.64 bits per heavy atom. The number of nitrogens with zero attached hydrogens (tertiary/aromatic N) is 2. The van der Waals surface area contributed by atoms with E-state index in [9.17, 15) is 4.79 Å². The standard InChI is InChI=1S/C23H26N2O3/c1-27-20-11-7-6-10-17(20)14-19-22(16-8-4-3-5-9-16)24-21-13-12-18(15-25(19)21)23(26)28-2/h6-7,10-13,15-16H,3-5,8-9,14H2,1-2H3. The van der Waals surface area contributed by atoms with E-state index >= 15 is 0 Å². The summed E-state index contributed by atoms with van der Waals surface area (Å²) in [6.45, 7) is 0. The van der Waals surface area contributed by atoms with E-state index in [0.29, 0.717) is 17.9 Å². The van der Waals surface area contributed by atoms with E-state index in [1.165, 1.54) is 39.2 Å². The molecule has 0 radical (unpaired) electrons. The summed E-state index contributed by atoms with van der Waals surface area (Å²) in [6, 6.07) is 11.8. The molecule has 4 rings (SSSR count). The van der Waals surface area contributed by atoms with Gasteiger partial charge in [0.15, 0.2) is 0 Å². The maximum absolute atomic E-state index is 12.1. The molecule has 3 aromatic rings. The van der Waals surface area contributed by atoms with E-state index < -0.39 is 0 Å². The van der Waals surface area contributed by atoms with Crippen LogP contribution in [0.25, 0.3) is 5.65 Å². The molecule has 1 aromatic carbocycles. The average molecular weight is 378 g/mol. The third-order valence-electron chi connectivity index (χ3n) is 5.71. The molecule has 28 heavy (non-hydrogen) atoms. The number of carbonyl (C=O) groups excluding carboxylic acids is 1. The van der Waals surface area contributed by atoms with Crippen molar-refractivity contribution in [2.24, 2.45) is 0 Å². The van der Waals surface area contributed by atoms with E-state index in [4.69, 9.17) is 14.5 Å². The smallest absolute Gasteiger partial charge is 0.339 e. The second-order valence-electron chi connectivity index (χ2n) is 7.40. The number of methoxy groups -OCH3 is 2. The zero-order valence-corrected chi connectivity index (χ0v) is 16.5. The summed E-state index contributed by atoms with van der Waals surface area (Å²) in [6.07, 6.45) is 8.71. The maximum Gasteiger partial charge on any atom is 0.339 e. The zero-order chi connectivity index (χ0) is 19.5. The number of benzene rings is 1. The SMILES string of the molecule is COC(=O)c1ccc2nc(C3CCCCC3)c(Cc3ccccc3OC)n2c1. The van der Waals surface area contributed by atoms with Gasteiger partial charge in [0.25, 0.3) is 0 Å². The topological polar surface area (TPSA) is 52.8 Å². The first-order valence-corrected chi connectivity index (χ1v) is 9.92. The minimum absolute atomic E-state index is 0.335. The molecular formula is C23H26N2O3. The maximum atomic E-state index is 12.1. The summed E-state index contributed by atoms with van der Waals surface area (Å²) in [5.41, 5.74) is 4.82. The van der Waals surface area contributed by atoms with Gasteiger partial charge < -0.3 is 13.9 Å². The normalized spacial score (nSPS) is 14.9. The molecule has 0 atom stereocenters. The van der Waals surface area contributed by atoms with Gasteiger partial charge in [0.05, 0.1) is 31.2 Å². The van der Waals surface area contributed by atoms with Crippen molar-refractivity contribution in [3.05, 3.63) is 65.1 Å². The van der Waals surface area contributed by atoms with Crippen molar-refractivity contribution < 1.29 is 14.3 Å². The third kappa shape index (κ3) is 3.49. The number of esters is 1. The molecule has 0 amide bonds. The summed E-state index contributed by atoms with van der Waals surface area (Å²) in [7, 11) is 3.11. The lowest BCUT2D eigenvalue weighted by molar-refractivity contribution is 0.0600. The molecule has 0 N–H and O–H groups in total. The predicted octanol–water partition coefficient (Wildman–Crippen LogP) is 4.77. The lowest BCUT2D eigenvalue weighted by Crippen LogP contribution is -2.09. The molecule has 146 valence electrons. The molecule has 2 aromatic heterocycles. The molecule has 0 spiro atoms. The molecule has 0 unspecified atom stereocenters. The summed E-state index contributed by atoms with van der Waals surface area (Å²) in [5.74, 6) is 1.01. The van der Waals surface area contributed by atoms with Gasteiger partial charge in [0, 0.05) is 24.1 Å². The van der Waals surface area contributed by atoms with Gasteiger partial charge in [0.1, 0.15) is 11.4 Å². The van der Waals surface area contributed by atoms with Crippen LogP contribution in [0.2, 0.25) is 0 Å². The van der Waals surface area contributed by atoms with E-state index in [2.05, 4.69) is 10.5 Å². The van der Waals surface area contributed by atoms with E-state index in [1.54, 1.807) is 13.2 Å². The molecule has 2 heterocycles. The lowest BCUT2D eigenvalue weighted by Gasteiger charge is -2.21. The number of aromatic nitrogens is 2. The molecule has 1 aliphatic rings. The van der Waals surface area contributed by atoms with Crippen LogP contribution in [-0.2, 0) is 11.2 Å². The van der Waals surface area contributed by atoms with Crippen molar-refractivity contribution in [2.75, 3.05) is 14.2 Å². The molecule has 0 bridgehead atoms. The van der Waals surface area contributed by atoms with Gasteiger partial charge in [0.2, 0.25) is 0 Å². The highest BCUT2D eigenvalue weighted by molar-refractivity contribution is 5.89. The van der Waals surface area contributed by atoms with Crippen LogP contribution in [0.1, 0.15) is 65.3 Å². The van der Waals surface area contributed by atoms with Crippen molar-refractivity contribution >= 4 is 11.6 Å². The number of carbonyl (C=O) groups is 1. The molecule has 5 heteroatoms. The number of para-hydroxylation sites is 1. The van der Waals surface area contributed by atoms with Crippen molar-refractivity contribution in [1.29, 1.82) is 0 Å². The van der Waals surface area contributed by atoms with E-state index in [0.717, 1.165) is 28.3 Å². The van der Waals surface area contributed by atoms with Crippen molar-refractivity contribution in [1.82, 2.24) is 9.38 Å². The van der Waals surface area contributed by atoms with Gasteiger partial charge >= 0.3 is 5.97 Å². The van der Waals surface area contributed by atoms with Crippen LogP contribution in [0.4, 0.5) is 0 Å². The van der Waals surface area contributed by atoms with Crippen LogP contribution in [0.3, 0.4) is 0 Å². The largest absolute Gasteiger partial charge is 0.496 e. The van der Waals surface area contributed by atoms with Crippen LogP contribution >= 0.6 is 0 Å². The average Bonchev–Trinajstić information content (AvgIpc) is 3.12. The number of fused-ring (bicyclic) bond motifs is 1. The first kappa shape index (κ1) is 18.5. The minimum Gasteiger partial charge on any atom is -0.496 e. The molecule has 0 aliphatic heterocycles. The van der Waals surface area contributed by atoms with Crippen LogP contribution in [-0.4, -0.2) is 29.6 Å². The Labute approximate surface area is 165 Å². The Bertz CT molecular complexity index is 987. The van der Waals surface area contributed by atoms with Gasteiger partial charge in [-0.05, 0) is 31.0 Å². The summed E-state index contributed by atoms with van der Waals surface area (Å²) in [4.78, 5) is 17.0. The van der Waals surface area contributed by atoms with Crippen molar-refractivity contribution in [3.63, 3.8) is 0 Å². The highest BCUT2D eigenvalue weighted by Gasteiger charge is 2.24. The van der Waals surface area contributed by atoms with Gasteiger partial charge in [-0.2, -0.15) is 0 Å². The first-order valence-electron chi connectivity index (χ1n) is 9.92. The summed E-state index contributed by atoms with van der Waals surface area (Å²) >= 11 is 0. The van der Waals surface area contributed by atoms with Crippen LogP contribution in [0.15, 0.2) is 42.6 Å². The summed E-state index contributed by atoms with van der Waals surface area (Å²) < 4.78 is 12.5. The molecule has 0 saturated heterocycles. The fourth-order valence-electron chi connectivity index (χ4n) is 4.26. The van der Waals surface area contributed by atoms with Crippen molar-refractivity contribution in [3.8, 4) is 5.75 Å². The number of hydrogen-bond acceptors (Lipinski definition) is 4. The minimum atomic E-state index is -0.335.